The summed E-state index contributed by atoms with van der Waals surface area (Å²) in [5.41, 5.74) is 2.64. The number of aryl methyl sites for hydroxylation is 1. The van der Waals surface area contributed by atoms with Crippen LogP contribution < -0.4 is 10.1 Å². The van der Waals surface area contributed by atoms with Crippen molar-refractivity contribution in [3.8, 4) is 5.75 Å². The SMILES string of the molecule is CCc1ccc(NC(=O)CCN(Cc2ccccc2OC)S(C)(=O)=O)cc1. The fourth-order valence-electron chi connectivity index (χ4n) is 2.66. The van der Waals surface area contributed by atoms with Gasteiger partial charge in [0, 0.05) is 30.8 Å². The summed E-state index contributed by atoms with van der Waals surface area (Å²) in [6, 6.07) is 14.9. The first-order chi connectivity index (χ1) is 12.8. The van der Waals surface area contributed by atoms with Crippen molar-refractivity contribution in [1.29, 1.82) is 0 Å². The summed E-state index contributed by atoms with van der Waals surface area (Å²) in [5.74, 6) is 0.388. The molecule has 0 aliphatic rings. The number of sulfonamides is 1. The molecule has 146 valence electrons. The van der Waals surface area contributed by atoms with Crippen molar-refractivity contribution in [3.63, 3.8) is 0 Å². The molecule has 2 aromatic rings. The first-order valence-corrected chi connectivity index (χ1v) is 10.6. The van der Waals surface area contributed by atoms with Crippen LogP contribution in [0.2, 0.25) is 0 Å². The van der Waals surface area contributed by atoms with E-state index in [0.717, 1.165) is 18.2 Å². The summed E-state index contributed by atoms with van der Waals surface area (Å²) in [7, 11) is -1.93. The van der Waals surface area contributed by atoms with E-state index in [1.807, 2.05) is 42.5 Å². The van der Waals surface area contributed by atoms with Crippen LogP contribution in [0.15, 0.2) is 48.5 Å². The van der Waals surface area contributed by atoms with Gasteiger partial charge >= 0.3 is 0 Å². The van der Waals surface area contributed by atoms with Gasteiger partial charge in [-0.25, -0.2) is 8.42 Å². The first kappa shape index (κ1) is 20.9. The predicted molar refractivity (Wildman–Crippen MR) is 107 cm³/mol. The first-order valence-electron chi connectivity index (χ1n) is 8.79. The van der Waals surface area contributed by atoms with Gasteiger partial charge in [-0.05, 0) is 30.2 Å². The van der Waals surface area contributed by atoms with Gasteiger partial charge in [0.1, 0.15) is 5.75 Å². The largest absolute Gasteiger partial charge is 0.496 e. The highest BCUT2D eigenvalue weighted by Crippen LogP contribution is 2.20. The molecule has 2 rings (SSSR count). The predicted octanol–water partition coefficient (Wildman–Crippen LogP) is 3.05. The molecule has 0 fully saturated rings. The number of hydrogen-bond acceptors (Lipinski definition) is 4. The smallest absolute Gasteiger partial charge is 0.225 e. The van der Waals surface area contributed by atoms with E-state index in [0.29, 0.717) is 11.4 Å². The number of carbonyl (C=O) groups excluding carboxylic acids is 1. The van der Waals surface area contributed by atoms with E-state index >= 15 is 0 Å². The molecule has 0 aromatic heterocycles. The Balaban J connectivity index is 2.00. The normalized spacial score (nSPS) is 11.4. The topological polar surface area (TPSA) is 75.7 Å². The zero-order valence-electron chi connectivity index (χ0n) is 15.9. The van der Waals surface area contributed by atoms with E-state index < -0.39 is 10.0 Å². The molecule has 6 nitrogen and oxygen atoms in total. The van der Waals surface area contributed by atoms with E-state index in [-0.39, 0.29) is 25.4 Å². The Morgan fingerprint density at radius 2 is 1.78 bits per heavy atom. The molecule has 0 heterocycles. The van der Waals surface area contributed by atoms with E-state index in [2.05, 4.69) is 12.2 Å². The Labute approximate surface area is 161 Å². The van der Waals surface area contributed by atoms with Gasteiger partial charge in [-0.3, -0.25) is 4.79 Å². The fraction of sp³-hybridized carbons (Fsp3) is 0.350. The minimum atomic E-state index is -3.47. The summed E-state index contributed by atoms with van der Waals surface area (Å²) in [4.78, 5) is 12.2. The third-order valence-electron chi connectivity index (χ3n) is 4.24. The van der Waals surface area contributed by atoms with Crippen LogP contribution in [-0.4, -0.2) is 38.5 Å². The lowest BCUT2D eigenvalue weighted by molar-refractivity contribution is -0.116. The standard InChI is InChI=1S/C20H26N2O4S/c1-4-16-9-11-18(12-10-16)21-20(23)13-14-22(27(3,24)25)15-17-7-5-6-8-19(17)26-2/h5-12H,4,13-15H2,1-3H3,(H,21,23). The zero-order valence-corrected chi connectivity index (χ0v) is 16.8. The number of ether oxygens (including phenoxy) is 1. The van der Waals surface area contributed by atoms with Crippen LogP contribution in [0, 0.1) is 0 Å². The minimum absolute atomic E-state index is 0.0672. The maximum absolute atomic E-state index is 12.2. The Bertz CT molecular complexity index is 864. The van der Waals surface area contributed by atoms with Crippen LogP contribution in [0.25, 0.3) is 0 Å². The van der Waals surface area contributed by atoms with Crippen LogP contribution in [-0.2, 0) is 27.8 Å². The van der Waals surface area contributed by atoms with Gasteiger partial charge < -0.3 is 10.1 Å². The maximum atomic E-state index is 12.2. The molecule has 1 N–H and O–H groups in total. The molecular weight excluding hydrogens is 364 g/mol. The highest BCUT2D eigenvalue weighted by molar-refractivity contribution is 7.88. The van der Waals surface area contributed by atoms with Crippen LogP contribution in [0.4, 0.5) is 5.69 Å². The lowest BCUT2D eigenvalue weighted by Crippen LogP contribution is -2.32. The van der Waals surface area contributed by atoms with Crippen molar-refractivity contribution >= 4 is 21.6 Å². The number of rotatable bonds is 9. The van der Waals surface area contributed by atoms with Crippen molar-refractivity contribution in [2.75, 3.05) is 25.2 Å². The maximum Gasteiger partial charge on any atom is 0.225 e. The van der Waals surface area contributed by atoms with Crippen molar-refractivity contribution in [3.05, 3.63) is 59.7 Å². The average Bonchev–Trinajstić information content (AvgIpc) is 2.65. The lowest BCUT2D eigenvalue weighted by Gasteiger charge is -2.21. The molecule has 0 saturated heterocycles. The third-order valence-corrected chi connectivity index (χ3v) is 5.49. The molecule has 0 spiro atoms. The van der Waals surface area contributed by atoms with Crippen LogP contribution in [0.5, 0.6) is 5.75 Å². The molecule has 1 amide bonds. The van der Waals surface area contributed by atoms with Gasteiger partial charge in [-0.2, -0.15) is 4.31 Å². The second-order valence-electron chi connectivity index (χ2n) is 6.26. The Kier molecular flexibility index (Phi) is 7.38. The van der Waals surface area contributed by atoms with Crippen molar-refractivity contribution < 1.29 is 17.9 Å². The number of benzene rings is 2. The van der Waals surface area contributed by atoms with Crippen LogP contribution >= 0.6 is 0 Å². The van der Waals surface area contributed by atoms with E-state index in [4.69, 9.17) is 4.74 Å². The van der Waals surface area contributed by atoms with Gasteiger partial charge in [-0.1, -0.05) is 37.3 Å². The monoisotopic (exact) mass is 390 g/mol. The fourth-order valence-corrected chi connectivity index (χ4v) is 3.46. The summed E-state index contributed by atoms with van der Waals surface area (Å²) in [6.07, 6.45) is 2.14. The van der Waals surface area contributed by atoms with Gasteiger partial charge in [0.15, 0.2) is 0 Å². The highest BCUT2D eigenvalue weighted by Gasteiger charge is 2.20. The quantitative estimate of drug-likeness (QED) is 0.714. The summed E-state index contributed by atoms with van der Waals surface area (Å²) < 4.78 is 30.8. The molecular formula is C20H26N2O4S. The second kappa shape index (κ2) is 9.53. The number of carbonyl (C=O) groups is 1. The summed E-state index contributed by atoms with van der Waals surface area (Å²) in [6.45, 7) is 2.31. The molecule has 0 aliphatic carbocycles. The molecule has 27 heavy (non-hydrogen) atoms. The highest BCUT2D eigenvalue weighted by atomic mass is 32.2. The van der Waals surface area contributed by atoms with E-state index in [9.17, 15) is 13.2 Å². The molecule has 0 radical (unpaired) electrons. The Morgan fingerprint density at radius 3 is 2.37 bits per heavy atom. The number of hydrogen-bond donors (Lipinski definition) is 1. The lowest BCUT2D eigenvalue weighted by atomic mass is 10.1. The summed E-state index contributed by atoms with van der Waals surface area (Å²) >= 11 is 0. The minimum Gasteiger partial charge on any atom is -0.496 e. The van der Waals surface area contributed by atoms with Gasteiger partial charge in [0.2, 0.25) is 15.9 Å². The van der Waals surface area contributed by atoms with E-state index in [1.165, 1.54) is 9.87 Å². The average molecular weight is 391 g/mol. The zero-order chi connectivity index (χ0) is 19.9. The number of amides is 1. The molecule has 0 bridgehead atoms. The number of para-hydroxylation sites is 1. The van der Waals surface area contributed by atoms with Gasteiger partial charge in [0.25, 0.3) is 0 Å². The van der Waals surface area contributed by atoms with E-state index in [1.54, 1.807) is 13.2 Å². The van der Waals surface area contributed by atoms with Gasteiger partial charge in [0.05, 0.1) is 13.4 Å². The van der Waals surface area contributed by atoms with Crippen LogP contribution in [0.1, 0.15) is 24.5 Å². The van der Waals surface area contributed by atoms with Crippen LogP contribution in [0.3, 0.4) is 0 Å². The Hall–Kier alpha value is -2.38. The number of nitrogens with zero attached hydrogens (tertiary/aromatic N) is 1. The molecule has 2 aromatic carbocycles. The molecule has 0 aliphatic heterocycles. The third kappa shape index (κ3) is 6.37. The van der Waals surface area contributed by atoms with Crippen molar-refractivity contribution in [2.24, 2.45) is 0 Å². The number of methoxy groups -OCH3 is 1. The molecule has 0 atom stereocenters. The second-order valence-corrected chi connectivity index (χ2v) is 8.24. The summed E-state index contributed by atoms with van der Waals surface area (Å²) in [5, 5.41) is 2.80. The Morgan fingerprint density at radius 1 is 1.11 bits per heavy atom. The molecule has 0 unspecified atom stereocenters. The number of nitrogens with one attached hydrogen (secondary N) is 1. The van der Waals surface area contributed by atoms with Crippen molar-refractivity contribution in [2.45, 2.75) is 26.3 Å². The van der Waals surface area contributed by atoms with Crippen molar-refractivity contribution in [1.82, 2.24) is 4.31 Å². The van der Waals surface area contributed by atoms with Gasteiger partial charge in [-0.15, -0.1) is 0 Å². The number of anilines is 1. The molecule has 7 heteroatoms. The molecule has 0 saturated carbocycles.